The molecule has 1 atom stereocenters. The Hall–Kier alpha value is -1.76. The van der Waals surface area contributed by atoms with Gasteiger partial charge in [-0.25, -0.2) is 0 Å². The fraction of sp³-hybridized carbons (Fsp3) is 0.632. The molecule has 0 bridgehead atoms. The van der Waals surface area contributed by atoms with Crippen LogP contribution in [0.2, 0.25) is 0 Å². The zero-order valence-electron chi connectivity index (χ0n) is 15.6. The van der Waals surface area contributed by atoms with Crippen molar-refractivity contribution in [2.75, 3.05) is 32.8 Å². The van der Waals surface area contributed by atoms with Gasteiger partial charge in [-0.1, -0.05) is 32.0 Å². The maximum atomic E-state index is 12.8. The first-order valence-electron chi connectivity index (χ1n) is 9.00. The number of benzene rings is 1. The Bertz CT molecular complexity index is 612. The van der Waals surface area contributed by atoms with E-state index >= 15 is 0 Å². The Morgan fingerprint density at radius 2 is 2.04 bits per heavy atom. The lowest BCUT2D eigenvalue weighted by atomic mass is 9.89. The Kier molecular flexibility index (Phi) is 6.92. The molecule has 0 spiro atoms. The first kappa shape index (κ1) is 20.6. The summed E-state index contributed by atoms with van der Waals surface area (Å²) in [5, 5.41) is 6.46. The Morgan fingerprint density at radius 3 is 2.62 bits per heavy atom. The van der Waals surface area contributed by atoms with Crippen LogP contribution in [0, 0.1) is 5.41 Å². The molecule has 1 saturated heterocycles. The molecular formula is C19H28F3N3O. The summed E-state index contributed by atoms with van der Waals surface area (Å²) in [7, 11) is 0. The van der Waals surface area contributed by atoms with Crippen molar-refractivity contribution >= 4 is 5.96 Å². The topological polar surface area (TPSA) is 45.7 Å². The monoisotopic (exact) mass is 371 g/mol. The van der Waals surface area contributed by atoms with Crippen LogP contribution in [0.4, 0.5) is 13.2 Å². The largest absolute Gasteiger partial charge is 0.416 e. The van der Waals surface area contributed by atoms with Gasteiger partial charge in [-0.05, 0) is 30.9 Å². The van der Waals surface area contributed by atoms with Crippen molar-refractivity contribution in [3.05, 3.63) is 35.4 Å². The van der Waals surface area contributed by atoms with Crippen molar-refractivity contribution in [3.8, 4) is 0 Å². The fourth-order valence-corrected chi connectivity index (χ4v) is 2.75. The van der Waals surface area contributed by atoms with Gasteiger partial charge in [-0.2, -0.15) is 13.2 Å². The highest BCUT2D eigenvalue weighted by Crippen LogP contribution is 2.31. The van der Waals surface area contributed by atoms with Crippen LogP contribution < -0.4 is 10.6 Å². The Morgan fingerprint density at radius 1 is 1.31 bits per heavy atom. The van der Waals surface area contributed by atoms with Crippen LogP contribution in [0.25, 0.3) is 0 Å². The van der Waals surface area contributed by atoms with Crippen LogP contribution >= 0.6 is 0 Å². The summed E-state index contributed by atoms with van der Waals surface area (Å²) in [6.07, 6.45) is -3.59. The van der Waals surface area contributed by atoms with Crippen molar-refractivity contribution in [1.29, 1.82) is 0 Å². The molecule has 1 aliphatic heterocycles. The van der Waals surface area contributed by atoms with Gasteiger partial charge < -0.3 is 15.4 Å². The van der Waals surface area contributed by atoms with Crippen LogP contribution in [-0.4, -0.2) is 38.8 Å². The zero-order chi connectivity index (χ0) is 19.2. The minimum Gasteiger partial charge on any atom is -0.380 e. The molecule has 1 heterocycles. The van der Waals surface area contributed by atoms with Crippen molar-refractivity contribution in [1.82, 2.24) is 10.6 Å². The average molecular weight is 371 g/mol. The summed E-state index contributed by atoms with van der Waals surface area (Å²) >= 11 is 0. The number of rotatable bonds is 7. The molecule has 1 aromatic rings. The number of hydrogen-bond acceptors (Lipinski definition) is 2. The van der Waals surface area contributed by atoms with E-state index in [-0.39, 0.29) is 11.3 Å². The lowest BCUT2D eigenvalue weighted by Gasteiger charge is -2.36. The first-order valence-corrected chi connectivity index (χ1v) is 9.00. The van der Waals surface area contributed by atoms with Crippen LogP contribution in [0.3, 0.4) is 0 Å². The molecule has 26 heavy (non-hydrogen) atoms. The normalized spacial score (nSPS) is 18.2. The summed E-state index contributed by atoms with van der Waals surface area (Å²) in [5.41, 5.74) is 0.205. The van der Waals surface area contributed by atoms with E-state index in [1.54, 1.807) is 6.07 Å². The van der Waals surface area contributed by atoms with E-state index in [0.717, 1.165) is 31.8 Å². The van der Waals surface area contributed by atoms with Crippen molar-refractivity contribution in [2.24, 2.45) is 10.4 Å². The lowest BCUT2D eigenvalue weighted by molar-refractivity contribution is -0.137. The highest BCUT2D eigenvalue weighted by Gasteiger charge is 2.33. The smallest absolute Gasteiger partial charge is 0.380 e. The molecule has 0 aromatic heterocycles. The highest BCUT2D eigenvalue weighted by molar-refractivity contribution is 5.79. The molecule has 0 radical (unpaired) electrons. The molecule has 1 fully saturated rings. The number of ether oxygens (including phenoxy) is 1. The van der Waals surface area contributed by atoms with Gasteiger partial charge in [0.05, 0.1) is 25.3 Å². The molecule has 2 rings (SSSR count). The van der Waals surface area contributed by atoms with E-state index < -0.39 is 11.7 Å². The number of halogens is 3. The van der Waals surface area contributed by atoms with Gasteiger partial charge in [0.2, 0.25) is 0 Å². The number of alkyl halides is 3. The molecular weight excluding hydrogens is 343 g/mol. The molecule has 0 amide bonds. The van der Waals surface area contributed by atoms with E-state index in [0.29, 0.717) is 25.1 Å². The van der Waals surface area contributed by atoms with Gasteiger partial charge in [0.25, 0.3) is 0 Å². The summed E-state index contributed by atoms with van der Waals surface area (Å²) in [4.78, 5) is 4.59. The summed E-state index contributed by atoms with van der Waals surface area (Å²) < 4.78 is 43.8. The summed E-state index contributed by atoms with van der Waals surface area (Å²) in [6.45, 7) is 9.60. The maximum absolute atomic E-state index is 12.8. The Balaban J connectivity index is 1.87. The second kappa shape index (κ2) is 8.75. The van der Waals surface area contributed by atoms with E-state index in [1.165, 1.54) is 12.1 Å². The van der Waals surface area contributed by atoms with Gasteiger partial charge in [-0.15, -0.1) is 0 Å². The predicted molar refractivity (Wildman–Crippen MR) is 97.4 cm³/mol. The average Bonchev–Trinajstić information content (AvgIpc) is 2.57. The molecule has 4 nitrogen and oxygen atoms in total. The predicted octanol–water partition coefficient (Wildman–Crippen LogP) is 3.79. The maximum Gasteiger partial charge on any atom is 0.416 e. The van der Waals surface area contributed by atoms with Crippen LogP contribution in [0.15, 0.2) is 29.3 Å². The molecule has 0 saturated carbocycles. The second-order valence-electron chi connectivity index (χ2n) is 7.24. The van der Waals surface area contributed by atoms with E-state index in [1.807, 2.05) is 13.8 Å². The number of guanidine groups is 1. The molecule has 1 unspecified atom stereocenters. The highest BCUT2D eigenvalue weighted by atomic mass is 19.4. The molecule has 0 aliphatic carbocycles. The molecule has 1 aliphatic rings. The first-order chi connectivity index (χ1) is 12.2. The molecule has 7 heteroatoms. The zero-order valence-corrected chi connectivity index (χ0v) is 15.6. The number of nitrogens with zero attached hydrogens (tertiary/aromatic N) is 1. The number of nitrogens with one attached hydrogen (secondary N) is 2. The minimum absolute atomic E-state index is 0.0187. The molecule has 146 valence electrons. The second-order valence-corrected chi connectivity index (χ2v) is 7.24. The van der Waals surface area contributed by atoms with Gasteiger partial charge in [0.15, 0.2) is 5.96 Å². The van der Waals surface area contributed by atoms with E-state index in [4.69, 9.17) is 4.74 Å². The van der Waals surface area contributed by atoms with Crippen LogP contribution in [0.1, 0.15) is 44.2 Å². The van der Waals surface area contributed by atoms with Crippen LogP contribution in [0.5, 0.6) is 0 Å². The lowest BCUT2D eigenvalue weighted by Crippen LogP contribution is -2.44. The van der Waals surface area contributed by atoms with Gasteiger partial charge >= 0.3 is 6.18 Å². The van der Waals surface area contributed by atoms with E-state index in [9.17, 15) is 13.2 Å². The van der Waals surface area contributed by atoms with Gasteiger partial charge in [0, 0.05) is 18.5 Å². The quantitative estimate of drug-likeness (QED) is 0.566. The van der Waals surface area contributed by atoms with Crippen LogP contribution in [-0.2, 0) is 10.9 Å². The van der Waals surface area contributed by atoms with Gasteiger partial charge in [-0.3, -0.25) is 4.99 Å². The number of aliphatic imine (C=N–C) groups is 1. The van der Waals surface area contributed by atoms with E-state index in [2.05, 4.69) is 22.5 Å². The standard InChI is InChI=1S/C19H28F3N3O/c1-4-23-17(25-11-18(3)12-26-13-18)24-9-8-14(2)15-6-5-7-16(10-15)19(20,21)22/h5-7,10,14H,4,8-9,11-13H2,1-3H3,(H2,23,24,25). The molecule has 2 N–H and O–H groups in total. The van der Waals surface area contributed by atoms with Gasteiger partial charge in [0.1, 0.15) is 0 Å². The summed E-state index contributed by atoms with van der Waals surface area (Å²) in [5.74, 6) is 0.752. The number of hydrogen-bond donors (Lipinski definition) is 2. The third-order valence-electron chi connectivity index (χ3n) is 4.52. The third kappa shape index (κ3) is 5.90. The van der Waals surface area contributed by atoms with Crippen molar-refractivity contribution < 1.29 is 17.9 Å². The Labute approximate surface area is 153 Å². The van der Waals surface area contributed by atoms with Crippen molar-refractivity contribution in [3.63, 3.8) is 0 Å². The third-order valence-corrected chi connectivity index (χ3v) is 4.52. The van der Waals surface area contributed by atoms with Crippen molar-refractivity contribution in [2.45, 2.75) is 39.3 Å². The SMILES string of the molecule is CCNC(=NCC1(C)COC1)NCCC(C)c1cccc(C(F)(F)F)c1. The fourth-order valence-electron chi connectivity index (χ4n) is 2.75. The summed E-state index contributed by atoms with van der Waals surface area (Å²) in [6, 6.07) is 5.56. The minimum atomic E-state index is -4.31. The molecule has 1 aromatic carbocycles.